The number of hydrogen-bond acceptors (Lipinski definition) is 0. The molecule has 0 heteroatoms. The minimum Gasteiger partial charge on any atom is -0.0730 e. The predicted octanol–water partition coefficient (Wildman–Crippen LogP) is 6.82. The van der Waals surface area contributed by atoms with Crippen LogP contribution in [-0.4, -0.2) is 0 Å². The highest BCUT2D eigenvalue weighted by atomic mass is 14.2. The normalized spacial score (nSPS) is 21.1. The van der Waals surface area contributed by atoms with E-state index in [4.69, 9.17) is 0 Å². The van der Waals surface area contributed by atoms with Gasteiger partial charge in [0, 0.05) is 0 Å². The third kappa shape index (κ3) is 6.79. The molecule has 0 aromatic heterocycles. The van der Waals surface area contributed by atoms with Gasteiger partial charge >= 0.3 is 0 Å². The average Bonchev–Trinajstić information content (AvgIpc) is 2.64. The van der Waals surface area contributed by atoms with E-state index in [-0.39, 0.29) is 0 Å². The van der Waals surface area contributed by atoms with Crippen LogP contribution in [0.5, 0.6) is 0 Å². The van der Waals surface area contributed by atoms with Gasteiger partial charge in [-0.2, -0.15) is 0 Å². The maximum absolute atomic E-state index is 3.15. The summed E-state index contributed by atoms with van der Waals surface area (Å²) >= 11 is 0. The van der Waals surface area contributed by atoms with Crippen LogP contribution in [0.4, 0.5) is 0 Å². The second-order valence-corrected chi connectivity index (χ2v) is 7.00. The second-order valence-electron chi connectivity index (χ2n) is 7.00. The van der Waals surface area contributed by atoms with Crippen molar-refractivity contribution in [3.05, 3.63) is 53.6 Å². The molecule has 0 nitrogen and oxygen atoms in total. The minimum absolute atomic E-state index is 0.753. The van der Waals surface area contributed by atoms with Gasteiger partial charge in [0.2, 0.25) is 0 Å². The number of hydrogen-bond donors (Lipinski definition) is 0. The first-order valence-corrected chi connectivity index (χ1v) is 9.75. The smallest absolute Gasteiger partial charge is 0.0109 e. The van der Waals surface area contributed by atoms with E-state index in [1.165, 1.54) is 56.1 Å². The quantitative estimate of drug-likeness (QED) is 0.504. The van der Waals surface area contributed by atoms with Crippen LogP contribution in [0, 0.1) is 23.7 Å². The van der Waals surface area contributed by atoms with Crippen LogP contribution in [0.2, 0.25) is 0 Å². The number of unbranched alkanes of at least 4 members (excludes halogenated alkanes) is 1. The minimum atomic E-state index is 0.753. The average molecular weight is 321 g/mol. The van der Waals surface area contributed by atoms with Crippen LogP contribution in [0.15, 0.2) is 42.5 Å². The van der Waals surface area contributed by atoms with E-state index < -0.39 is 0 Å². The SMILES string of the molecule is CCCC[C@H]1CC[C@H](/C=C/C#C/C=C/c2ccc(CC)cc2)CC1. The molecule has 0 amide bonds. The predicted molar refractivity (Wildman–Crippen MR) is 107 cm³/mol. The molecule has 0 aliphatic heterocycles. The van der Waals surface area contributed by atoms with Crippen molar-refractivity contribution in [2.45, 2.75) is 65.2 Å². The van der Waals surface area contributed by atoms with Crippen molar-refractivity contribution in [2.24, 2.45) is 11.8 Å². The van der Waals surface area contributed by atoms with Crippen molar-refractivity contribution in [3.8, 4) is 11.8 Å². The fourth-order valence-electron chi connectivity index (χ4n) is 3.44. The van der Waals surface area contributed by atoms with E-state index in [9.17, 15) is 0 Å². The van der Waals surface area contributed by atoms with Crippen molar-refractivity contribution in [2.75, 3.05) is 0 Å². The van der Waals surface area contributed by atoms with Crippen LogP contribution in [0.25, 0.3) is 6.08 Å². The molecule has 1 fully saturated rings. The summed E-state index contributed by atoms with van der Waals surface area (Å²) in [4.78, 5) is 0. The van der Waals surface area contributed by atoms with E-state index >= 15 is 0 Å². The van der Waals surface area contributed by atoms with Crippen LogP contribution in [0.1, 0.15) is 69.9 Å². The molecule has 1 aromatic carbocycles. The lowest BCUT2D eigenvalue weighted by molar-refractivity contribution is 0.291. The molecule has 0 spiro atoms. The molecule has 1 aliphatic carbocycles. The highest BCUT2D eigenvalue weighted by Gasteiger charge is 2.18. The molecule has 0 bridgehead atoms. The fraction of sp³-hybridized carbons (Fsp3) is 0.500. The fourth-order valence-corrected chi connectivity index (χ4v) is 3.44. The molecule has 0 atom stereocenters. The van der Waals surface area contributed by atoms with Gasteiger partial charge in [-0.15, -0.1) is 0 Å². The van der Waals surface area contributed by atoms with E-state index in [0.717, 1.165) is 18.3 Å². The number of benzene rings is 1. The number of rotatable bonds is 6. The summed E-state index contributed by atoms with van der Waals surface area (Å²) in [5, 5.41) is 0. The molecule has 0 unspecified atom stereocenters. The summed E-state index contributed by atoms with van der Waals surface area (Å²) in [5.41, 5.74) is 2.60. The Morgan fingerprint density at radius 2 is 1.67 bits per heavy atom. The zero-order chi connectivity index (χ0) is 17.0. The molecule has 0 saturated heterocycles. The lowest BCUT2D eigenvalue weighted by Gasteiger charge is -2.26. The Labute approximate surface area is 149 Å². The van der Waals surface area contributed by atoms with Gasteiger partial charge in [-0.05, 0) is 73.3 Å². The highest BCUT2D eigenvalue weighted by Crippen LogP contribution is 2.32. The molecule has 1 aromatic rings. The molecule has 0 N–H and O–H groups in total. The first-order valence-electron chi connectivity index (χ1n) is 9.75. The summed E-state index contributed by atoms with van der Waals surface area (Å²) in [6.07, 6.45) is 19.2. The molecule has 1 aliphatic rings. The van der Waals surface area contributed by atoms with Crippen molar-refractivity contribution in [1.82, 2.24) is 0 Å². The van der Waals surface area contributed by atoms with E-state index in [1.54, 1.807) is 0 Å². The first-order chi connectivity index (χ1) is 11.8. The largest absolute Gasteiger partial charge is 0.0730 e. The van der Waals surface area contributed by atoms with Gasteiger partial charge in [0.1, 0.15) is 0 Å². The lowest BCUT2D eigenvalue weighted by Crippen LogP contribution is -2.12. The summed E-state index contributed by atoms with van der Waals surface area (Å²) in [6.45, 7) is 4.47. The third-order valence-electron chi connectivity index (χ3n) is 5.14. The molecule has 24 heavy (non-hydrogen) atoms. The van der Waals surface area contributed by atoms with E-state index in [1.807, 2.05) is 6.08 Å². The molecule has 0 radical (unpaired) electrons. The maximum Gasteiger partial charge on any atom is -0.0109 e. The van der Waals surface area contributed by atoms with Crippen LogP contribution >= 0.6 is 0 Å². The van der Waals surface area contributed by atoms with Gasteiger partial charge in [-0.1, -0.05) is 75.3 Å². The molecule has 128 valence electrons. The van der Waals surface area contributed by atoms with Crippen molar-refractivity contribution in [3.63, 3.8) is 0 Å². The van der Waals surface area contributed by atoms with Crippen molar-refractivity contribution in [1.29, 1.82) is 0 Å². The van der Waals surface area contributed by atoms with E-state index in [2.05, 4.69) is 68.2 Å². The molecule has 2 rings (SSSR count). The van der Waals surface area contributed by atoms with Gasteiger partial charge in [-0.25, -0.2) is 0 Å². The van der Waals surface area contributed by atoms with Gasteiger partial charge < -0.3 is 0 Å². The Morgan fingerprint density at radius 3 is 2.33 bits per heavy atom. The standard InChI is InChI=1S/C24H32/c1-3-5-10-22-17-19-24(20-18-22)12-9-7-6-8-11-23-15-13-21(4-2)14-16-23/h8-9,11-16,22,24H,3-5,10,17-20H2,1-2H3/b11-8+,12-9+/t22-,24-. The molecule has 0 heterocycles. The summed E-state index contributed by atoms with van der Waals surface area (Å²) < 4.78 is 0. The Kier molecular flexibility index (Phi) is 8.47. The zero-order valence-electron chi connectivity index (χ0n) is 15.4. The highest BCUT2D eigenvalue weighted by molar-refractivity contribution is 5.53. The second kappa shape index (κ2) is 10.9. The van der Waals surface area contributed by atoms with Gasteiger partial charge in [-0.3, -0.25) is 0 Å². The molecular weight excluding hydrogens is 288 g/mol. The monoisotopic (exact) mass is 320 g/mol. The van der Waals surface area contributed by atoms with Gasteiger partial charge in [0.15, 0.2) is 0 Å². The number of aryl methyl sites for hydroxylation is 1. The first kappa shape index (κ1) is 18.6. The zero-order valence-corrected chi connectivity index (χ0v) is 15.4. The van der Waals surface area contributed by atoms with Crippen molar-refractivity contribution < 1.29 is 0 Å². The summed E-state index contributed by atoms with van der Waals surface area (Å²) in [7, 11) is 0. The lowest BCUT2D eigenvalue weighted by atomic mass is 9.80. The third-order valence-corrected chi connectivity index (χ3v) is 5.14. The van der Waals surface area contributed by atoms with E-state index in [0.29, 0.717) is 0 Å². The Balaban J connectivity index is 1.70. The Bertz CT molecular complexity index is 569. The van der Waals surface area contributed by atoms with Crippen LogP contribution in [-0.2, 0) is 6.42 Å². The Morgan fingerprint density at radius 1 is 0.958 bits per heavy atom. The summed E-state index contributed by atoms with van der Waals surface area (Å²) in [5.74, 6) is 8.02. The van der Waals surface area contributed by atoms with Crippen LogP contribution in [0.3, 0.4) is 0 Å². The topological polar surface area (TPSA) is 0 Å². The van der Waals surface area contributed by atoms with Crippen LogP contribution < -0.4 is 0 Å². The Hall–Kier alpha value is -1.74. The molecule has 1 saturated carbocycles. The maximum atomic E-state index is 3.15. The van der Waals surface area contributed by atoms with Gasteiger partial charge in [0.25, 0.3) is 0 Å². The van der Waals surface area contributed by atoms with Crippen molar-refractivity contribution >= 4 is 6.08 Å². The number of allylic oxidation sites excluding steroid dienone is 3. The summed E-state index contributed by atoms with van der Waals surface area (Å²) in [6, 6.07) is 8.68. The molecular formula is C24H32. The van der Waals surface area contributed by atoms with Gasteiger partial charge in [0.05, 0.1) is 0 Å².